The number of Topliss-reactive ketones (excluding diaryl/α,β-unsaturated/α-hetero) is 1. The molecule has 0 radical (unpaired) electrons. The van der Waals surface area contributed by atoms with Gasteiger partial charge in [0.25, 0.3) is 0 Å². The number of allylic oxidation sites excluding steroid dienone is 4. The number of benzene rings is 4. The molecule has 0 spiro atoms. The Hall–Kier alpha value is -3.76. The summed E-state index contributed by atoms with van der Waals surface area (Å²) in [6.07, 6.45) is 20.8. The molecule has 4 aromatic carbocycles. The molecule has 262 valence electrons. The summed E-state index contributed by atoms with van der Waals surface area (Å²) in [6.45, 7) is 13.4. The number of unbranched alkanes of at least 4 members (excludes halogenated alkanes) is 3. The third-order valence-electron chi connectivity index (χ3n) is 11.4. The molecular formula is C46H56N2OS. The lowest BCUT2D eigenvalue weighted by Gasteiger charge is -2.34. The topological polar surface area (TPSA) is 23.6 Å². The molecule has 2 atom stereocenters. The Bertz CT molecular complexity index is 1900. The molecule has 2 unspecified atom stereocenters. The molecular weight excluding hydrogens is 629 g/mol. The van der Waals surface area contributed by atoms with E-state index in [9.17, 15) is 4.79 Å². The molecule has 0 saturated carbocycles. The van der Waals surface area contributed by atoms with Crippen molar-refractivity contribution in [1.82, 2.24) is 0 Å². The highest BCUT2D eigenvalue weighted by atomic mass is 32.1. The Kier molecular flexibility index (Phi) is 11.3. The minimum Gasteiger partial charge on any atom is -0.367 e. The van der Waals surface area contributed by atoms with Crippen LogP contribution in [-0.2, 0) is 15.6 Å². The van der Waals surface area contributed by atoms with Crippen molar-refractivity contribution in [2.75, 3.05) is 28.6 Å². The maximum atomic E-state index is 11.5. The van der Waals surface area contributed by atoms with E-state index in [1.165, 1.54) is 44.0 Å². The second-order valence-electron chi connectivity index (χ2n) is 15.6. The van der Waals surface area contributed by atoms with Gasteiger partial charge in [0, 0.05) is 47.8 Å². The number of hydrogen-bond acceptors (Lipinski definition) is 4. The highest BCUT2D eigenvalue weighted by Crippen LogP contribution is 2.49. The molecule has 0 aliphatic carbocycles. The van der Waals surface area contributed by atoms with Gasteiger partial charge in [0.05, 0.1) is 6.04 Å². The van der Waals surface area contributed by atoms with Crippen molar-refractivity contribution in [2.24, 2.45) is 0 Å². The lowest BCUT2D eigenvalue weighted by molar-refractivity contribution is -0.117. The van der Waals surface area contributed by atoms with Gasteiger partial charge in [-0.05, 0) is 102 Å². The molecule has 0 fully saturated rings. The fraction of sp³-hybridized carbons (Fsp3) is 0.413. The van der Waals surface area contributed by atoms with Crippen molar-refractivity contribution in [2.45, 2.75) is 102 Å². The van der Waals surface area contributed by atoms with Crippen molar-refractivity contribution in [1.29, 1.82) is 0 Å². The standard InChI is InChI=1S/C46H56N2OS/c1-34(49)20-10-9-17-27-47-41-32-37-23-15-13-21-35(37)30-39(41)45(2,3)43(47)25-11-7-6-8-12-26-44-46(4,5)40-31-36-22-14-16-24-38(36)33-42(40)48(44)28-18-19-29-50/h6-8,11-16,21-24,26,30-33,43-44,50H,9-10,17-20,25,27-29H2,1-5H3/b8-6+,11-7+,26-12+. The van der Waals surface area contributed by atoms with Gasteiger partial charge in [-0.3, -0.25) is 0 Å². The van der Waals surface area contributed by atoms with E-state index in [1.54, 1.807) is 6.92 Å². The first-order valence-corrected chi connectivity index (χ1v) is 19.5. The number of nitrogens with zero attached hydrogens (tertiary/aromatic N) is 2. The zero-order valence-electron chi connectivity index (χ0n) is 30.9. The van der Waals surface area contributed by atoms with Gasteiger partial charge >= 0.3 is 0 Å². The maximum Gasteiger partial charge on any atom is 0.129 e. The van der Waals surface area contributed by atoms with E-state index in [-0.39, 0.29) is 10.8 Å². The third kappa shape index (κ3) is 7.47. The van der Waals surface area contributed by atoms with Crippen LogP contribution in [0.1, 0.15) is 90.7 Å². The molecule has 4 heteroatoms. The fourth-order valence-electron chi connectivity index (χ4n) is 8.51. The first kappa shape index (κ1) is 36.0. The number of hydrogen-bond donors (Lipinski definition) is 1. The van der Waals surface area contributed by atoms with Gasteiger partial charge in [-0.2, -0.15) is 12.6 Å². The molecule has 6 rings (SSSR count). The number of ketones is 1. The summed E-state index contributed by atoms with van der Waals surface area (Å²) in [5.41, 5.74) is 5.67. The van der Waals surface area contributed by atoms with Crippen molar-refractivity contribution in [3.8, 4) is 0 Å². The zero-order chi connectivity index (χ0) is 35.3. The molecule has 2 heterocycles. The number of carbonyl (C=O) groups excluding carboxylic acids is 1. The summed E-state index contributed by atoms with van der Waals surface area (Å²) in [7, 11) is 0. The molecule has 2 aliphatic heterocycles. The quantitative estimate of drug-likeness (QED) is 0.0766. The summed E-state index contributed by atoms with van der Waals surface area (Å²) in [4.78, 5) is 16.8. The van der Waals surface area contributed by atoms with Crippen LogP contribution in [0.15, 0.2) is 109 Å². The molecule has 0 N–H and O–H groups in total. The van der Waals surface area contributed by atoms with E-state index in [2.05, 4.69) is 159 Å². The maximum absolute atomic E-state index is 11.5. The molecule has 4 aromatic rings. The van der Waals surface area contributed by atoms with Crippen LogP contribution >= 0.6 is 12.6 Å². The third-order valence-corrected chi connectivity index (χ3v) is 11.7. The Labute approximate surface area is 306 Å². The van der Waals surface area contributed by atoms with Crippen molar-refractivity contribution < 1.29 is 4.79 Å². The van der Waals surface area contributed by atoms with Crippen molar-refractivity contribution >= 4 is 51.3 Å². The Balaban J connectivity index is 1.16. The Morgan fingerprint density at radius 3 is 1.84 bits per heavy atom. The normalized spacial score (nSPS) is 19.5. The summed E-state index contributed by atoms with van der Waals surface area (Å²) in [6, 6.07) is 27.8. The van der Waals surface area contributed by atoms with Gasteiger partial charge < -0.3 is 14.6 Å². The Morgan fingerprint density at radius 1 is 0.680 bits per heavy atom. The van der Waals surface area contributed by atoms with Crippen LogP contribution in [0, 0.1) is 0 Å². The minimum absolute atomic E-state index is 0.00387. The molecule has 2 aliphatic rings. The Morgan fingerprint density at radius 2 is 1.22 bits per heavy atom. The minimum atomic E-state index is 0.00387. The highest BCUT2D eigenvalue weighted by Gasteiger charge is 2.44. The summed E-state index contributed by atoms with van der Waals surface area (Å²) >= 11 is 4.49. The van der Waals surface area contributed by atoms with Crippen molar-refractivity contribution in [3.05, 3.63) is 120 Å². The number of thiol groups is 1. The van der Waals surface area contributed by atoms with Crippen LogP contribution in [0.2, 0.25) is 0 Å². The van der Waals surface area contributed by atoms with E-state index in [4.69, 9.17) is 0 Å². The second kappa shape index (κ2) is 15.6. The van der Waals surface area contributed by atoms with E-state index >= 15 is 0 Å². The highest BCUT2D eigenvalue weighted by molar-refractivity contribution is 7.80. The smallest absolute Gasteiger partial charge is 0.129 e. The first-order valence-electron chi connectivity index (χ1n) is 18.8. The number of fused-ring (bicyclic) bond motifs is 4. The molecule has 0 amide bonds. The predicted molar refractivity (Wildman–Crippen MR) is 220 cm³/mol. The van der Waals surface area contributed by atoms with Gasteiger partial charge in [0.2, 0.25) is 0 Å². The van der Waals surface area contributed by atoms with Crippen LogP contribution in [-0.4, -0.2) is 36.7 Å². The van der Waals surface area contributed by atoms with Gasteiger partial charge in [0.15, 0.2) is 0 Å². The van der Waals surface area contributed by atoms with Crippen LogP contribution in [0.25, 0.3) is 21.5 Å². The number of rotatable bonds is 15. The van der Waals surface area contributed by atoms with Crippen LogP contribution in [0.5, 0.6) is 0 Å². The molecule has 3 nitrogen and oxygen atoms in total. The van der Waals surface area contributed by atoms with Gasteiger partial charge in [-0.15, -0.1) is 0 Å². The average molecular weight is 685 g/mol. The fourth-order valence-corrected chi connectivity index (χ4v) is 8.74. The monoisotopic (exact) mass is 684 g/mol. The van der Waals surface area contributed by atoms with Gasteiger partial charge in [-0.25, -0.2) is 0 Å². The molecule has 0 aromatic heterocycles. The molecule has 0 saturated heterocycles. The number of carbonyl (C=O) groups is 1. The lowest BCUT2D eigenvalue weighted by Crippen LogP contribution is -2.41. The predicted octanol–water partition coefficient (Wildman–Crippen LogP) is 11.5. The van der Waals surface area contributed by atoms with Crippen molar-refractivity contribution in [3.63, 3.8) is 0 Å². The van der Waals surface area contributed by atoms with Crippen LogP contribution < -0.4 is 9.80 Å². The summed E-state index contributed by atoms with van der Waals surface area (Å²) < 4.78 is 0. The molecule has 0 bridgehead atoms. The van der Waals surface area contributed by atoms with E-state index in [1.807, 2.05) is 0 Å². The first-order chi connectivity index (χ1) is 24.1. The van der Waals surface area contributed by atoms with Crippen LogP contribution in [0.4, 0.5) is 11.4 Å². The lowest BCUT2D eigenvalue weighted by atomic mass is 9.78. The van der Waals surface area contributed by atoms with Gasteiger partial charge in [0.1, 0.15) is 5.78 Å². The molecule has 50 heavy (non-hydrogen) atoms. The number of anilines is 2. The average Bonchev–Trinajstić information content (AvgIpc) is 3.43. The van der Waals surface area contributed by atoms with E-state index in [0.717, 1.165) is 57.4 Å². The summed E-state index contributed by atoms with van der Waals surface area (Å²) in [5, 5.41) is 5.24. The van der Waals surface area contributed by atoms with E-state index < -0.39 is 0 Å². The van der Waals surface area contributed by atoms with E-state index in [0.29, 0.717) is 24.3 Å². The SMILES string of the molecule is CC(=O)CCCCCN1c2cc3ccccc3cc2C(C)(C)C1C/C=C/C=C/C=C/C1N(CCCCS)c2cc3ccccc3cc2C1(C)C. The zero-order valence-corrected chi connectivity index (χ0v) is 31.8. The largest absolute Gasteiger partial charge is 0.367 e. The second-order valence-corrected chi connectivity index (χ2v) is 16.0. The van der Waals surface area contributed by atoms with Gasteiger partial charge in [-0.1, -0.05) is 119 Å². The summed E-state index contributed by atoms with van der Waals surface area (Å²) in [5.74, 6) is 1.22. The van der Waals surface area contributed by atoms with Crippen LogP contribution in [0.3, 0.4) is 0 Å².